The molecule has 13 nitrogen and oxygen atoms in total. The van der Waals surface area contributed by atoms with Crippen LogP contribution in [-0.4, -0.2) is 54.4 Å². The minimum Gasteiger partial charge on any atom is -0.507 e. The number of nitrogens with zero attached hydrogens (tertiary/aromatic N) is 5. The van der Waals surface area contributed by atoms with Crippen molar-refractivity contribution >= 4 is 22.6 Å². The van der Waals surface area contributed by atoms with Crippen LogP contribution in [0.25, 0.3) is 11.0 Å². The number of carbonyl (C=O) groups is 2. The molecule has 4 aromatic rings. The first-order valence-corrected chi connectivity index (χ1v) is 16.9. The summed E-state index contributed by atoms with van der Waals surface area (Å²) in [5, 5.41) is 11.4. The topological polar surface area (TPSA) is 157 Å². The summed E-state index contributed by atoms with van der Waals surface area (Å²) in [6.07, 6.45) is 1.94. The fraction of sp³-hybridized carbons (Fsp3) is 0.421. The molecular formula is C38H41N5O8. The van der Waals surface area contributed by atoms with Crippen LogP contribution in [0.4, 0.5) is 0 Å². The van der Waals surface area contributed by atoms with E-state index in [9.17, 15) is 29.1 Å². The third-order valence-electron chi connectivity index (χ3n) is 12.0. The number of rotatable bonds is 6. The Labute approximate surface area is 293 Å². The zero-order chi connectivity index (χ0) is 36.9. The van der Waals surface area contributed by atoms with Gasteiger partial charge in [0.2, 0.25) is 0 Å². The number of fused-ring (bicyclic) bond motifs is 5. The molecule has 51 heavy (non-hydrogen) atoms. The number of phenols is 1. The first-order valence-electron chi connectivity index (χ1n) is 16.9. The van der Waals surface area contributed by atoms with Crippen LogP contribution in [0.5, 0.6) is 17.2 Å². The van der Waals surface area contributed by atoms with Gasteiger partial charge in [-0.3, -0.25) is 14.4 Å². The molecule has 0 saturated heterocycles. The molecule has 1 aliphatic heterocycles. The van der Waals surface area contributed by atoms with Gasteiger partial charge in [0, 0.05) is 49.0 Å². The van der Waals surface area contributed by atoms with Gasteiger partial charge in [0.15, 0.2) is 23.1 Å². The van der Waals surface area contributed by atoms with Crippen LogP contribution < -0.4 is 26.4 Å². The van der Waals surface area contributed by atoms with Gasteiger partial charge < -0.3 is 19.1 Å². The Kier molecular flexibility index (Phi) is 7.70. The molecule has 0 bridgehead atoms. The van der Waals surface area contributed by atoms with Crippen LogP contribution in [0.2, 0.25) is 0 Å². The molecule has 13 heteroatoms. The zero-order valence-corrected chi connectivity index (χ0v) is 30.0. The summed E-state index contributed by atoms with van der Waals surface area (Å²) >= 11 is 0. The molecule has 3 heterocycles. The van der Waals surface area contributed by atoms with E-state index >= 15 is 0 Å². The normalized spacial score (nSPS) is 24.3. The summed E-state index contributed by atoms with van der Waals surface area (Å²) in [7, 11) is 4.62. The van der Waals surface area contributed by atoms with Gasteiger partial charge in [-0.05, 0) is 49.5 Å². The highest BCUT2D eigenvalue weighted by Crippen LogP contribution is 2.66. The highest BCUT2D eigenvalue weighted by molar-refractivity contribution is 6.17. The van der Waals surface area contributed by atoms with E-state index in [2.05, 4.69) is 4.98 Å². The van der Waals surface area contributed by atoms with E-state index in [1.54, 1.807) is 72.0 Å². The summed E-state index contributed by atoms with van der Waals surface area (Å²) in [5.74, 6) is -0.240. The number of para-hydroxylation sites is 1. The monoisotopic (exact) mass is 695 g/mol. The van der Waals surface area contributed by atoms with Gasteiger partial charge in [-0.1, -0.05) is 38.1 Å². The number of allylic oxidation sites excluding steroid dienone is 4. The minimum atomic E-state index is -1.29. The molecule has 2 aromatic heterocycles. The maximum absolute atomic E-state index is 14.4. The molecule has 1 fully saturated rings. The molecule has 1 saturated carbocycles. The van der Waals surface area contributed by atoms with Gasteiger partial charge in [-0.25, -0.2) is 28.5 Å². The Bertz CT molecular complexity index is 2460. The van der Waals surface area contributed by atoms with Gasteiger partial charge in [-0.2, -0.15) is 0 Å². The number of aromatic hydroxyl groups is 1. The Morgan fingerprint density at radius 2 is 1.61 bits per heavy atom. The number of hydrogen-bond acceptors (Lipinski definition) is 9. The lowest BCUT2D eigenvalue weighted by atomic mass is 9.43. The summed E-state index contributed by atoms with van der Waals surface area (Å²) in [6, 6.07) is 7.90. The number of hydrogen-bond donors (Lipinski definition) is 1. The minimum absolute atomic E-state index is 0.00704. The molecule has 0 amide bonds. The van der Waals surface area contributed by atoms with E-state index in [1.165, 1.54) is 28.2 Å². The lowest BCUT2D eigenvalue weighted by Gasteiger charge is -2.58. The third kappa shape index (κ3) is 4.45. The second kappa shape index (κ2) is 11.5. The van der Waals surface area contributed by atoms with Gasteiger partial charge in [0.25, 0.3) is 5.56 Å². The van der Waals surface area contributed by atoms with Gasteiger partial charge in [-0.15, -0.1) is 0 Å². The summed E-state index contributed by atoms with van der Waals surface area (Å²) in [5.41, 5.74) is -0.381. The van der Waals surface area contributed by atoms with Crippen molar-refractivity contribution in [2.75, 3.05) is 14.2 Å². The average Bonchev–Trinajstić information content (AvgIpc) is 3.36. The van der Waals surface area contributed by atoms with Crippen molar-refractivity contribution in [2.24, 2.45) is 17.9 Å². The van der Waals surface area contributed by atoms with Gasteiger partial charge in [0.05, 0.1) is 43.3 Å². The number of aryl methyl sites for hydroxylation is 3. The van der Waals surface area contributed by atoms with E-state index in [0.29, 0.717) is 50.4 Å². The molecule has 3 aliphatic rings. The Hall–Kier alpha value is -5.46. The van der Waals surface area contributed by atoms with Crippen LogP contribution in [-0.2, 0) is 36.1 Å². The number of ketones is 2. The number of carbonyl (C=O) groups excluding carboxylic acids is 2. The number of Topliss-reactive ketones (excluding diaryl/α,β-unsaturated/α-hetero) is 2. The second-order valence-corrected chi connectivity index (χ2v) is 14.3. The predicted octanol–water partition coefficient (Wildman–Crippen LogP) is 3.50. The van der Waals surface area contributed by atoms with Crippen molar-refractivity contribution in [3.05, 3.63) is 101 Å². The smallest absolute Gasteiger partial charge is 0.347 e. The molecule has 0 spiro atoms. The van der Waals surface area contributed by atoms with Crippen LogP contribution in [0, 0.1) is 17.8 Å². The van der Waals surface area contributed by atoms with Crippen molar-refractivity contribution in [1.29, 1.82) is 0 Å². The van der Waals surface area contributed by atoms with Crippen LogP contribution in [0.15, 0.2) is 67.5 Å². The van der Waals surface area contributed by atoms with E-state index in [1.807, 2.05) is 6.08 Å². The number of phenolic OH excluding ortho intramolecular Hbond substituents is 1. The summed E-state index contributed by atoms with van der Waals surface area (Å²) < 4.78 is 16.1. The van der Waals surface area contributed by atoms with Crippen molar-refractivity contribution in [3.63, 3.8) is 0 Å². The van der Waals surface area contributed by atoms with Crippen LogP contribution in [0.1, 0.15) is 62.9 Å². The maximum Gasteiger partial charge on any atom is 0.347 e. The molecule has 1 N–H and O–H groups in total. The van der Waals surface area contributed by atoms with Gasteiger partial charge in [0.1, 0.15) is 11.4 Å². The third-order valence-corrected chi connectivity index (χ3v) is 12.0. The highest BCUT2D eigenvalue weighted by Gasteiger charge is 2.67. The molecular weight excluding hydrogens is 654 g/mol. The van der Waals surface area contributed by atoms with Crippen molar-refractivity contribution in [2.45, 2.75) is 72.5 Å². The molecule has 2 aromatic carbocycles. The molecule has 4 unspecified atom stereocenters. The molecule has 7 rings (SSSR count). The van der Waals surface area contributed by atoms with Crippen LogP contribution >= 0.6 is 0 Å². The fourth-order valence-electron chi connectivity index (χ4n) is 8.79. The molecule has 266 valence electrons. The predicted molar refractivity (Wildman–Crippen MR) is 189 cm³/mol. The second-order valence-electron chi connectivity index (χ2n) is 14.3. The Morgan fingerprint density at radius 3 is 2.29 bits per heavy atom. The first kappa shape index (κ1) is 34.0. The summed E-state index contributed by atoms with van der Waals surface area (Å²) in [6.45, 7) is 8.58. The molecule has 0 radical (unpaired) electrons. The maximum atomic E-state index is 14.4. The zero-order valence-electron chi connectivity index (χ0n) is 30.0. The Balaban J connectivity index is 1.34. The van der Waals surface area contributed by atoms with Crippen molar-refractivity contribution in [1.82, 2.24) is 23.5 Å². The fourth-order valence-corrected chi connectivity index (χ4v) is 8.79. The van der Waals surface area contributed by atoms with Gasteiger partial charge >= 0.3 is 11.4 Å². The number of ether oxygens (including phenoxy) is 2. The standard InChI is InChI=1S/C38H41N5O8/c1-19-10-9-11-23(31(19)44)30-22-12-15-42-35(48)41(14-13-24-34(47)40(6)26-17-29(51-8)28(50-7)16-25(26)39-24)36(49)43(42)27(22)18-37(4)32(45)20(2)21(3)33(46)38(30,37)5/h9-12,16-17,27,30,44H,13-15,18H2,1-8H3. The molecule has 4 atom stereocenters. The van der Waals surface area contributed by atoms with E-state index < -0.39 is 34.2 Å². The first-order chi connectivity index (χ1) is 24.1. The van der Waals surface area contributed by atoms with Crippen LogP contribution in [0.3, 0.4) is 0 Å². The lowest BCUT2D eigenvalue weighted by molar-refractivity contribution is -0.151. The SMILES string of the molecule is COc1cc2nc(CCn3c(=O)n4n(c3=O)C3CC5(C)C(=O)C(C)=C(C)C(=O)C5(C)C(c5cccc(C)c5O)C3=CC4)c(=O)n(C)c2cc1OC. The van der Waals surface area contributed by atoms with E-state index in [-0.39, 0.29) is 54.5 Å². The van der Waals surface area contributed by atoms with Crippen molar-refractivity contribution < 1.29 is 24.2 Å². The van der Waals surface area contributed by atoms with Crippen molar-refractivity contribution in [3.8, 4) is 17.2 Å². The van der Waals surface area contributed by atoms with E-state index in [0.717, 1.165) is 4.57 Å². The molecule has 2 aliphatic carbocycles. The number of methoxy groups -OCH3 is 2. The largest absolute Gasteiger partial charge is 0.507 e. The van der Waals surface area contributed by atoms with E-state index in [4.69, 9.17) is 9.47 Å². The number of aromatic nitrogens is 5. The average molecular weight is 696 g/mol. The quantitative estimate of drug-likeness (QED) is 0.298. The summed E-state index contributed by atoms with van der Waals surface area (Å²) in [4.78, 5) is 74.9. The number of benzene rings is 2. The lowest BCUT2D eigenvalue weighted by Crippen LogP contribution is -2.61. The highest BCUT2D eigenvalue weighted by atomic mass is 16.5. The Morgan fingerprint density at radius 1 is 0.941 bits per heavy atom.